The van der Waals surface area contributed by atoms with Crippen LogP contribution in [0.5, 0.6) is 0 Å². The molecule has 0 aromatic heterocycles. The van der Waals surface area contributed by atoms with Crippen LogP contribution in [0.15, 0.2) is 0 Å². The molecule has 3 heteroatoms. The quantitative estimate of drug-likeness (QED) is 0.744. The van der Waals surface area contributed by atoms with Crippen molar-refractivity contribution in [3.63, 3.8) is 0 Å². The highest BCUT2D eigenvalue weighted by Gasteiger charge is 2.28. The number of ether oxygens (including phenoxy) is 2. The van der Waals surface area contributed by atoms with E-state index in [4.69, 9.17) is 9.47 Å². The van der Waals surface area contributed by atoms with E-state index in [2.05, 4.69) is 12.4 Å². The average Bonchev–Trinajstić information content (AvgIpc) is 2.86. The van der Waals surface area contributed by atoms with E-state index in [1.165, 1.54) is 25.7 Å². The molecule has 1 aliphatic heterocycles. The Morgan fingerprint density at radius 2 is 1.86 bits per heavy atom. The predicted molar refractivity (Wildman–Crippen MR) is 55.1 cm³/mol. The summed E-state index contributed by atoms with van der Waals surface area (Å²) in [5.41, 5.74) is 0. The van der Waals surface area contributed by atoms with E-state index in [1.54, 1.807) is 0 Å². The lowest BCUT2D eigenvalue weighted by Crippen LogP contribution is -2.36. The Hall–Kier alpha value is -0.120. The number of rotatable bonds is 4. The maximum Gasteiger partial charge on any atom is 0.159 e. The zero-order chi connectivity index (χ0) is 9.80. The van der Waals surface area contributed by atoms with Crippen LogP contribution in [0.3, 0.4) is 0 Å². The molecule has 1 aliphatic carbocycles. The van der Waals surface area contributed by atoms with Crippen molar-refractivity contribution in [3.05, 3.63) is 0 Å². The minimum Gasteiger partial charge on any atom is -0.350 e. The number of hydrogen-bond acceptors (Lipinski definition) is 3. The summed E-state index contributed by atoms with van der Waals surface area (Å²) in [4.78, 5) is 0. The van der Waals surface area contributed by atoms with Crippen molar-refractivity contribution in [2.75, 3.05) is 20.3 Å². The van der Waals surface area contributed by atoms with Gasteiger partial charge in [0.25, 0.3) is 0 Å². The molecule has 1 saturated heterocycles. The minimum absolute atomic E-state index is 0.0491. The summed E-state index contributed by atoms with van der Waals surface area (Å²) in [6.45, 7) is 1.54. The van der Waals surface area contributed by atoms with E-state index in [9.17, 15) is 0 Å². The Morgan fingerprint density at radius 3 is 2.43 bits per heavy atom. The third-order valence-corrected chi connectivity index (χ3v) is 3.48. The standard InChI is InChI=1S/C11H21NO2/c1-12-10(9-4-2-3-5-9)8-11-13-6-7-14-11/h9-12H,2-8H2,1H3. The zero-order valence-electron chi connectivity index (χ0n) is 9.00. The second kappa shape index (κ2) is 5.10. The fourth-order valence-corrected chi connectivity index (χ4v) is 2.66. The first-order valence-corrected chi connectivity index (χ1v) is 5.80. The summed E-state index contributed by atoms with van der Waals surface area (Å²) in [5, 5.41) is 3.41. The molecular formula is C11H21NO2. The van der Waals surface area contributed by atoms with Gasteiger partial charge in [-0.2, -0.15) is 0 Å². The maximum absolute atomic E-state index is 5.48. The molecule has 1 saturated carbocycles. The molecule has 0 bridgehead atoms. The van der Waals surface area contributed by atoms with Gasteiger partial charge >= 0.3 is 0 Å². The first kappa shape index (κ1) is 10.4. The van der Waals surface area contributed by atoms with Gasteiger partial charge in [-0.05, 0) is 25.8 Å². The van der Waals surface area contributed by atoms with Crippen molar-refractivity contribution < 1.29 is 9.47 Å². The first-order chi connectivity index (χ1) is 6.90. The summed E-state index contributed by atoms with van der Waals surface area (Å²) in [6.07, 6.45) is 6.61. The van der Waals surface area contributed by atoms with Crippen molar-refractivity contribution in [1.82, 2.24) is 5.32 Å². The van der Waals surface area contributed by atoms with Crippen LogP contribution in [0.25, 0.3) is 0 Å². The molecule has 1 heterocycles. The van der Waals surface area contributed by atoms with Gasteiger partial charge in [0.1, 0.15) is 0 Å². The summed E-state index contributed by atoms with van der Waals surface area (Å²) in [5.74, 6) is 0.841. The molecular weight excluding hydrogens is 178 g/mol. The van der Waals surface area contributed by atoms with Crippen molar-refractivity contribution >= 4 is 0 Å². The van der Waals surface area contributed by atoms with Crippen LogP contribution in [0.1, 0.15) is 32.1 Å². The summed E-state index contributed by atoms with van der Waals surface area (Å²) in [6, 6.07) is 0.584. The van der Waals surface area contributed by atoms with E-state index in [0.29, 0.717) is 6.04 Å². The Bertz CT molecular complexity index is 163. The van der Waals surface area contributed by atoms with Gasteiger partial charge in [0.05, 0.1) is 13.2 Å². The van der Waals surface area contributed by atoms with Crippen molar-refractivity contribution in [2.24, 2.45) is 5.92 Å². The van der Waals surface area contributed by atoms with Crippen LogP contribution in [0.2, 0.25) is 0 Å². The van der Waals surface area contributed by atoms with Crippen LogP contribution < -0.4 is 5.32 Å². The van der Waals surface area contributed by atoms with Gasteiger partial charge in [-0.3, -0.25) is 0 Å². The van der Waals surface area contributed by atoms with Gasteiger partial charge in [0.15, 0.2) is 6.29 Å². The molecule has 0 aromatic rings. The van der Waals surface area contributed by atoms with Crippen molar-refractivity contribution in [3.8, 4) is 0 Å². The third-order valence-electron chi connectivity index (χ3n) is 3.48. The molecule has 2 rings (SSSR count). The van der Waals surface area contributed by atoms with Crippen LogP contribution in [-0.4, -0.2) is 32.6 Å². The molecule has 14 heavy (non-hydrogen) atoms. The predicted octanol–water partition coefficient (Wildman–Crippen LogP) is 1.53. The lowest BCUT2D eigenvalue weighted by atomic mass is 9.95. The lowest BCUT2D eigenvalue weighted by Gasteiger charge is -2.24. The lowest BCUT2D eigenvalue weighted by molar-refractivity contribution is -0.0558. The summed E-state index contributed by atoms with van der Waals surface area (Å²) < 4.78 is 11.0. The minimum atomic E-state index is 0.0491. The number of nitrogens with one attached hydrogen (secondary N) is 1. The van der Waals surface area contributed by atoms with Gasteiger partial charge in [-0.1, -0.05) is 12.8 Å². The van der Waals surface area contributed by atoms with Crippen LogP contribution in [0, 0.1) is 5.92 Å². The molecule has 2 fully saturated rings. The number of hydrogen-bond donors (Lipinski definition) is 1. The smallest absolute Gasteiger partial charge is 0.159 e. The largest absolute Gasteiger partial charge is 0.350 e. The molecule has 0 aromatic carbocycles. The molecule has 82 valence electrons. The third kappa shape index (κ3) is 2.47. The SMILES string of the molecule is CNC(CC1OCCO1)C1CCCC1. The Labute approximate surface area is 86.2 Å². The van der Waals surface area contributed by atoms with E-state index in [-0.39, 0.29) is 6.29 Å². The van der Waals surface area contributed by atoms with Gasteiger partial charge in [0, 0.05) is 12.5 Å². The highest BCUT2D eigenvalue weighted by Crippen LogP contribution is 2.30. The first-order valence-electron chi connectivity index (χ1n) is 5.80. The average molecular weight is 199 g/mol. The van der Waals surface area contributed by atoms with Gasteiger partial charge < -0.3 is 14.8 Å². The van der Waals surface area contributed by atoms with Crippen molar-refractivity contribution in [2.45, 2.75) is 44.4 Å². The molecule has 1 atom stereocenters. The molecule has 3 nitrogen and oxygen atoms in total. The molecule has 1 N–H and O–H groups in total. The van der Waals surface area contributed by atoms with E-state index < -0.39 is 0 Å². The highest BCUT2D eigenvalue weighted by molar-refractivity contribution is 4.80. The summed E-state index contributed by atoms with van der Waals surface area (Å²) >= 11 is 0. The van der Waals surface area contributed by atoms with Gasteiger partial charge in [-0.25, -0.2) is 0 Å². The normalized spacial score (nSPS) is 27.2. The second-order valence-electron chi connectivity index (χ2n) is 4.35. The van der Waals surface area contributed by atoms with Gasteiger partial charge in [0.2, 0.25) is 0 Å². The van der Waals surface area contributed by atoms with Crippen LogP contribution in [-0.2, 0) is 9.47 Å². The monoisotopic (exact) mass is 199 g/mol. The van der Waals surface area contributed by atoms with Crippen molar-refractivity contribution in [1.29, 1.82) is 0 Å². The summed E-state index contributed by atoms with van der Waals surface area (Å²) in [7, 11) is 2.05. The second-order valence-corrected chi connectivity index (χ2v) is 4.35. The van der Waals surface area contributed by atoms with Gasteiger partial charge in [-0.15, -0.1) is 0 Å². The fraction of sp³-hybridized carbons (Fsp3) is 1.00. The highest BCUT2D eigenvalue weighted by atomic mass is 16.7. The Morgan fingerprint density at radius 1 is 1.21 bits per heavy atom. The molecule has 2 aliphatic rings. The molecule has 0 amide bonds. The maximum atomic E-state index is 5.48. The Kier molecular flexibility index (Phi) is 3.79. The molecule has 1 unspecified atom stereocenters. The molecule has 0 spiro atoms. The van der Waals surface area contributed by atoms with E-state index >= 15 is 0 Å². The van der Waals surface area contributed by atoms with Crippen LogP contribution >= 0.6 is 0 Å². The molecule has 0 radical (unpaired) electrons. The fourth-order valence-electron chi connectivity index (χ4n) is 2.66. The Balaban J connectivity index is 1.79. The van der Waals surface area contributed by atoms with E-state index in [0.717, 1.165) is 25.6 Å². The topological polar surface area (TPSA) is 30.5 Å². The zero-order valence-corrected chi connectivity index (χ0v) is 9.00. The van der Waals surface area contributed by atoms with E-state index in [1.807, 2.05) is 0 Å². The van der Waals surface area contributed by atoms with Crippen LogP contribution in [0.4, 0.5) is 0 Å².